The number of amides is 2. The van der Waals surface area contributed by atoms with Gasteiger partial charge in [0.05, 0.1) is 0 Å². The molecular weight excluding hydrogens is 514 g/mol. The van der Waals surface area contributed by atoms with Gasteiger partial charge in [-0.05, 0) is 49.3 Å². The first-order chi connectivity index (χ1) is 18.1. The van der Waals surface area contributed by atoms with Gasteiger partial charge in [0.2, 0.25) is 11.8 Å². The van der Waals surface area contributed by atoms with Crippen LogP contribution in [-0.2, 0) is 22.6 Å². The van der Waals surface area contributed by atoms with Crippen molar-refractivity contribution in [1.29, 1.82) is 0 Å². The third-order valence-electron chi connectivity index (χ3n) is 8.84. The minimum Gasteiger partial charge on any atom is -0.342 e. The van der Waals surface area contributed by atoms with Crippen molar-refractivity contribution in [3.63, 3.8) is 0 Å². The summed E-state index contributed by atoms with van der Waals surface area (Å²) in [5.41, 5.74) is 0.678. The molecule has 5 nitrogen and oxygen atoms in total. The number of hydrogen-bond donors (Lipinski definition) is 1. The average molecular weight is 558 g/mol. The SMILES string of the molecule is CCCCN1C(=O)C(CC2CCCCC2)NC(=O)C12CCN(Cc1ccc(Cc3ccccc3)s1)CC2.Cl. The van der Waals surface area contributed by atoms with Crippen LogP contribution >= 0.6 is 23.7 Å². The second-order valence-electron chi connectivity index (χ2n) is 11.4. The Morgan fingerprint density at radius 3 is 2.39 bits per heavy atom. The monoisotopic (exact) mass is 557 g/mol. The molecule has 3 aliphatic rings. The van der Waals surface area contributed by atoms with Gasteiger partial charge in [0.1, 0.15) is 11.6 Å². The first-order valence-electron chi connectivity index (χ1n) is 14.5. The number of unbranched alkanes of at least 4 members (excludes halogenated alkanes) is 1. The summed E-state index contributed by atoms with van der Waals surface area (Å²) in [4.78, 5) is 34.7. The van der Waals surface area contributed by atoms with E-state index >= 15 is 0 Å². The van der Waals surface area contributed by atoms with Crippen LogP contribution in [0.2, 0.25) is 0 Å². The fourth-order valence-electron chi connectivity index (χ4n) is 6.63. The smallest absolute Gasteiger partial charge is 0.246 e. The molecule has 3 heterocycles. The number of halogens is 1. The molecule has 1 atom stereocenters. The van der Waals surface area contributed by atoms with Crippen molar-refractivity contribution in [1.82, 2.24) is 15.1 Å². The van der Waals surface area contributed by atoms with Crippen molar-refractivity contribution in [2.75, 3.05) is 19.6 Å². The second kappa shape index (κ2) is 13.5. The maximum atomic E-state index is 13.7. The normalized spacial score (nSPS) is 22.3. The number of likely N-dealkylation sites (tertiary alicyclic amines) is 1. The van der Waals surface area contributed by atoms with Gasteiger partial charge in [-0.2, -0.15) is 0 Å². The zero-order chi connectivity index (χ0) is 25.7. The summed E-state index contributed by atoms with van der Waals surface area (Å²) >= 11 is 1.89. The molecule has 0 bridgehead atoms. The number of nitrogens with one attached hydrogen (secondary N) is 1. The highest BCUT2D eigenvalue weighted by molar-refractivity contribution is 7.12. The summed E-state index contributed by atoms with van der Waals surface area (Å²) in [6.07, 6.45) is 11.5. The van der Waals surface area contributed by atoms with Crippen LogP contribution in [0.15, 0.2) is 42.5 Å². The molecule has 1 unspecified atom stereocenters. The van der Waals surface area contributed by atoms with Crippen molar-refractivity contribution in [2.24, 2.45) is 5.92 Å². The lowest BCUT2D eigenvalue weighted by atomic mass is 9.79. The zero-order valence-electron chi connectivity index (χ0n) is 22.8. The first kappa shape index (κ1) is 29.1. The van der Waals surface area contributed by atoms with Crippen molar-refractivity contribution in [2.45, 2.75) is 95.7 Å². The minimum absolute atomic E-state index is 0. The Morgan fingerprint density at radius 2 is 1.68 bits per heavy atom. The van der Waals surface area contributed by atoms with E-state index < -0.39 is 5.54 Å². The third kappa shape index (κ3) is 6.63. The number of piperidine rings is 1. The van der Waals surface area contributed by atoms with Gasteiger partial charge in [0.25, 0.3) is 0 Å². The molecule has 1 spiro atoms. The number of hydrogen-bond acceptors (Lipinski definition) is 4. The Balaban J connectivity index is 0.00000336. The molecule has 38 heavy (non-hydrogen) atoms. The van der Waals surface area contributed by atoms with Crippen LogP contribution in [0.3, 0.4) is 0 Å². The molecule has 2 amide bonds. The fraction of sp³-hybridized carbons (Fsp3) is 0.613. The standard InChI is InChI=1S/C31H43N3O2S.ClH/c1-2-3-18-34-29(35)28(22-25-12-8-5-9-13-25)32-30(36)31(34)16-19-33(20-17-31)23-27-15-14-26(37-27)21-24-10-6-4-7-11-24;/h4,6-7,10-11,14-15,25,28H,2-3,5,8-9,12-13,16-23H2,1H3,(H,32,36);1H. The number of carbonyl (C=O) groups excluding carboxylic acids is 2. The number of nitrogens with zero attached hydrogens (tertiary/aromatic N) is 2. The summed E-state index contributed by atoms with van der Waals surface area (Å²) in [6, 6.07) is 14.8. The summed E-state index contributed by atoms with van der Waals surface area (Å²) < 4.78 is 0. The van der Waals surface area contributed by atoms with Gasteiger partial charge in [-0.15, -0.1) is 23.7 Å². The first-order valence-corrected chi connectivity index (χ1v) is 15.4. The van der Waals surface area contributed by atoms with Gasteiger partial charge in [0.15, 0.2) is 0 Å². The molecule has 0 radical (unpaired) electrons. The van der Waals surface area contributed by atoms with E-state index in [0.29, 0.717) is 12.5 Å². The molecule has 2 aromatic rings. The van der Waals surface area contributed by atoms with Crippen molar-refractivity contribution < 1.29 is 9.59 Å². The zero-order valence-corrected chi connectivity index (χ0v) is 24.5. The van der Waals surface area contributed by atoms with E-state index in [0.717, 1.165) is 58.2 Å². The lowest BCUT2D eigenvalue weighted by Crippen LogP contribution is -2.73. The molecule has 208 valence electrons. The van der Waals surface area contributed by atoms with Crippen LogP contribution in [0.4, 0.5) is 0 Å². The Morgan fingerprint density at radius 1 is 0.974 bits per heavy atom. The molecule has 1 aromatic heterocycles. The molecule has 3 fully saturated rings. The van der Waals surface area contributed by atoms with Crippen LogP contribution in [0.1, 0.15) is 86.4 Å². The minimum atomic E-state index is -0.667. The van der Waals surface area contributed by atoms with Gasteiger partial charge in [0, 0.05) is 42.4 Å². The van der Waals surface area contributed by atoms with Crippen LogP contribution in [0.5, 0.6) is 0 Å². The van der Waals surface area contributed by atoms with Gasteiger partial charge in [-0.3, -0.25) is 14.5 Å². The summed E-state index contributed by atoms with van der Waals surface area (Å²) in [7, 11) is 0. The largest absolute Gasteiger partial charge is 0.342 e. The lowest BCUT2D eigenvalue weighted by Gasteiger charge is -2.52. The van der Waals surface area contributed by atoms with E-state index in [9.17, 15) is 9.59 Å². The molecule has 1 aliphatic carbocycles. The molecule has 5 rings (SSSR count). The van der Waals surface area contributed by atoms with Crippen LogP contribution in [0.25, 0.3) is 0 Å². The Kier molecular flexibility index (Phi) is 10.3. The second-order valence-corrected chi connectivity index (χ2v) is 12.7. The molecular formula is C31H44ClN3O2S. The number of benzene rings is 1. The quantitative estimate of drug-likeness (QED) is 0.400. The molecule has 2 saturated heterocycles. The van der Waals surface area contributed by atoms with Crippen LogP contribution in [-0.4, -0.2) is 52.8 Å². The van der Waals surface area contributed by atoms with Gasteiger partial charge in [-0.25, -0.2) is 0 Å². The Bertz CT molecular complexity index is 1040. The average Bonchev–Trinajstić information content (AvgIpc) is 3.36. The number of piperazine rings is 1. The Hall–Kier alpha value is -1.89. The van der Waals surface area contributed by atoms with E-state index in [4.69, 9.17) is 0 Å². The highest BCUT2D eigenvalue weighted by Gasteiger charge is 2.53. The van der Waals surface area contributed by atoms with E-state index in [-0.39, 0.29) is 30.3 Å². The number of thiophene rings is 1. The summed E-state index contributed by atoms with van der Waals surface area (Å²) in [6.45, 7) is 5.49. The topological polar surface area (TPSA) is 52.7 Å². The van der Waals surface area contributed by atoms with Crippen molar-refractivity contribution in [3.05, 3.63) is 57.8 Å². The van der Waals surface area contributed by atoms with E-state index in [2.05, 4.69) is 59.6 Å². The molecule has 2 aliphatic heterocycles. The third-order valence-corrected chi connectivity index (χ3v) is 9.91. The van der Waals surface area contributed by atoms with E-state index in [1.54, 1.807) is 0 Å². The maximum absolute atomic E-state index is 13.7. The summed E-state index contributed by atoms with van der Waals surface area (Å²) in [5, 5.41) is 3.22. The highest BCUT2D eigenvalue weighted by atomic mass is 35.5. The predicted molar refractivity (Wildman–Crippen MR) is 158 cm³/mol. The predicted octanol–water partition coefficient (Wildman–Crippen LogP) is 6.19. The Labute approximate surface area is 238 Å². The summed E-state index contributed by atoms with van der Waals surface area (Å²) in [5.74, 6) is 0.852. The lowest BCUT2D eigenvalue weighted by molar-refractivity contribution is -0.162. The van der Waals surface area contributed by atoms with Crippen LogP contribution < -0.4 is 5.32 Å². The van der Waals surface area contributed by atoms with Gasteiger partial charge < -0.3 is 10.2 Å². The van der Waals surface area contributed by atoms with E-state index in [1.165, 1.54) is 47.4 Å². The van der Waals surface area contributed by atoms with E-state index in [1.807, 2.05) is 16.2 Å². The van der Waals surface area contributed by atoms with Gasteiger partial charge in [-0.1, -0.05) is 75.8 Å². The van der Waals surface area contributed by atoms with Gasteiger partial charge >= 0.3 is 0 Å². The molecule has 7 heteroatoms. The highest BCUT2D eigenvalue weighted by Crippen LogP contribution is 2.36. The molecule has 1 saturated carbocycles. The van der Waals surface area contributed by atoms with Crippen molar-refractivity contribution in [3.8, 4) is 0 Å². The number of rotatable bonds is 9. The maximum Gasteiger partial charge on any atom is 0.246 e. The molecule has 1 N–H and O–H groups in total. The molecule has 1 aromatic carbocycles. The fourth-order valence-corrected chi connectivity index (χ4v) is 7.72. The number of carbonyl (C=O) groups is 2. The van der Waals surface area contributed by atoms with Crippen LogP contribution in [0, 0.1) is 5.92 Å². The van der Waals surface area contributed by atoms with Crippen molar-refractivity contribution >= 4 is 35.6 Å².